The van der Waals surface area contributed by atoms with Crippen LogP contribution in [-0.4, -0.2) is 17.7 Å². The minimum atomic E-state index is -0.894. The Morgan fingerprint density at radius 1 is 1.15 bits per heavy atom. The molecule has 0 aliphatic heterocycles. The quantitative estimate of drug-likeness (QED) is 0.566. The molecule has 1 aromatic heterocycles. The molecule has 0 spiro atoms. The maximum absolute atomic E-state index is 11.0. The Hall–Kier alpha value is -1.03. The van der Waals surface area contributed by atoms with Crippen molar-refractivity contribution < 1.29 is 14.6 Å². The van der Waals surface area contributed by atoms with E-state index in [0.29, 0.717) is 17.2 Å². The Labute approximate surface area is 126 Å². The van der Waals surface area contributed by atoms with Gasteiger partial charge >= 0.3 is 5.97 Å². The van der Waals surface area contributed by atoms with E-state index < -0.39 is 5.97 Å². The van der Waals surface area contributed by atoms with Crippen LogP contribution in [0.1, 0.15) is 72.8 Å². The van der Waals surface area contributed by atoms with Gasteiger partial charge in [0.25, 0.3) is 0 Å². The van der Waals surface area contributed by atoms with Crippen molar-refractivity contribution in [3.8, 4) is 5.75 Å². The van der Waals surface area contributed by atoms with Gasteiger partial charge in [-0.1, -0.05) is 51.9 Å². The van der Waals surface area contributed by atoms with Gasteiger partial charge in [0, 0.05) is 4.88 Å². The minimum absolute atomic E-state index is 0.321. The van der Waals surface area contributed by atoms with Gasteiger partial charge in [0.1, 0.15) is 5.75 Å². The number of carboxylic acid groups (broad SMARTS) is 1. The number of aromatic carboxylic acids is 1. The molecule has 1 aromatic rings. The van der Waals surface area contributed by atoms with Crippen LogP contribution >= 0.6 is 11.3 Å². The van der Waals surface area contributed by atoms with E-state index in [9.17, 15) is 4.79 Å². The van der Waals surface area contributed by atoms with Gasteiger partial charge in [-0.3, -0.25) is 0 Å². The third-order valence-corrected chi connectivity index (χ3v) is 4.29. The smallest absolute Gasteiger partial charge is 0.349 e. The highest BCUT2D eigenvalue weighted by molar-refractivity contribution is 7.14. The number of aryl methyl sites for hydroxylation is 1. The lowest BCUT2D eigenvalue weighted by Crippen LogP contribution is -2.01. The summed E-state index contributed by atoms with van der Waals surface area (Å²) in [4.78, 5) is 12.3. The first kappa shape index (κ1) is 17.0. The highest BCUT2D eigenvalue weighted by atomic mass is 32.1. The average molecular weight is 298 g/mol. The van der Waals surface area contributed by atoms with Gasteiger partial charge in [-0.25, -0.2) is 4.79 Å². The van der Waals surface area contributed by atoms with Crippen molar-refractivity contribution in [3.63, 3.8) is 0 Å². The average Bonchev–Trinajstić information content (AvgIpc) is 2.78. The first-order chi connectivity index (χ1) is 9.65. The van der Waals surface area contributed by atoms with Crippen LogP contribution in [0.4, 0.5) is 0 Å². The molecule has 0 unspecified atom stereocenters. The Balaban J connectivity index is 2.11. The molecule has 0 bridgehead atoms. The zero-order chi connectivity index (χ0) is 14.8. The molecule has 0 aromatic carbocycles. The fourth-order valence-corrected chi connectivity index (χ4v) is 2.96. The molecule has 0 amide bonds. The van der Waals surface area contributed by atoms with E-state index in [2.05, 4.69) is 6.92 Å². The second kappa shape index (κ2) is 9.81. The largest absolute Gasteiger partial charge is 0.492 e. The first-order valence-corrected chi connectivity index (χ1v) is 8.43. The summed E-state index contributed by atoms with van der Waals surface area (Å²) in [6.07, 6.45) is 10.0. The van der Waals surface area contributed by atoms with Crippen LogP contribution in [0.5, 0.6) is 5.75 Å². The van der Waals surface area contributed by atoms with Crippen molar-refractivity contribution >= 4 is 17.3 Å². The molecule has 1 N–H and O–H groups in total. The molecule has 114 valence electrons. The van der Waals surface area contributed by atoms with Gasteiger partial charge in [0.05, 0.1) is 6.61 Å². The maximum atomic E-state index is 11.0. The van der Waals surface area contributed by atoms with E-state index >= 15 is 0 Å². The number of thiophene rings is 1. The van der Waals surface area contributed by atoms with Crippen LogP contribution in [0.25, 0.3) is 0 Å². The van der Waals surface area contributed by atoms with E-state index in [1.165, 1.54) is 49.9 Å². The second-order valence-electron chi connectivity index (χ2n) is 5.18. The number of hydrogen-bond acceptors (Lipinski definition) is 3. The third-order valence-electron chi connectivity index (χ3n) is 3.27. The number of ether oxygens (including phenoxy) is 1. The van der Waals surface area contributed by atoms with Gasteiger partial charge in [0.2, 0.25) is 0 Å². The van der Waals surface area contributed by atoms with Gasteiger partial charge in [-0.05, 0) is 19.4 Å². The van der Waals surface area contributed by atoms with Gasteiger partial charge < -0.3 is 9.84 Å². The van der Waals surface area contributed by atoms with Gasteiger partial charge in [0.15, 0.2) is 4.88 Å². The van der Waals surface area contributed by atoms with Crippen molar-refractivity contribution in [2.24, 2.45) is 0 Å². The van der Waals surface area contributed by atoms with Crippen LogP contribution in [0.15, 0.2) is 6.07 Å². The molecular weight excluding hydrogens is 272 g/mol. The topological polar surface area (TPSA) is 46.5 Å². The van der Waals surface area contributed by atoms with Crippen molar-refractivity contribution in [1.82, 2.24) is 0 Å². The molecule has 0 fully saturated rings. The third kappa shape index (κ3) is 6.42. The van der Waals surface area contributed by atoms with Crippen LogP contribution in [0.3, 0.4) is 0 Å². The highest BCUT2D eigenvalue weighted by Gasteiger charge is 2.14. The molecule has 0 saturated heterocycles. The number of carbonyl (C=O) groups is 1. The number of rotatable bonds is 11. The van der Waals surface area contributed by atoms with E-state index in [4.69, 9.17) is 9.84 Å². The van der Waals surface area contributed by atoms with E-state index in [0.717, 1.165) is 17.7 Å². The summed E-state index contributed by atoms with van der Waals surface area (Å²) in [6, 6.07) is 1.82. The zero-order valence-corrected chi connectivity index (χ0v) is 13.4. The van der Waals surface area contributed by atoms with Crippen LogP contribution in [0, 0.1) is 6.92 Å². The SMILES string of the molecule is CCCCCCCCCCOc1cc(C)sc1C(=O)O. The molecule has 0 radical (unpaired) electrons. The summed E-state index contributed by atoms with van der Waals surface area (Å²) in [5.41, 5.74) is 0. The highest BCUT2D eigenvalue weighted by Crippen LogP contribution is 2.29. The molecule has 0 atom stereocenters. The molecule has 4 heteroatoms. The Bertz CT molecular complexity index is 398. The Morgan fingerprint density at radius 3 is 2.35 bits per heavy atom. The number of hydrogen-bond donors (Lipinski definition) is 1. The summed E-state index contributed by atoms with van der Waals surface area (Å²) in [5, 5.41) is 9.05. The predicted molar refractivity (Wildman–Crippen MR) is 84.1 cm³/mol. The van der Waals surface area contributed by atoms with Crippen LogP contribution in [0.2, 0.25) is 0 Å². The fourth-order valence-electron chi connectivity index (χ4n) is 2.17. The Kier molecular flexibility index (Phi) is 8.35. The Morgan fingerprint density at radius 2 is 1.75 bits per heavy atom. The molecule has 0 aliphatic carbocycles. The molecule has 3 nitrogen and oxygen atoms in total. The van der Waals surface area contributed by atoms with Crippen molar-refractivity contribution in [2.45, 2.75) is 65.2 Å². The maximum Gasteiger partial charge on any atom is 0.349 e. The summed E-state index contributed by atoms with van der Waals surface area (Å²) < 4.78 is 5.59. The molecule has 1 rings (SSSR count). The van der Waals surface area contributed by atoms with E-state index in [1.807, 2.05) is 13.0 Å². The monoisotopic (exact) mass is 298 g/mol. The van der Waals surface area contributed by atoms with Crippen molar-refractivity contribution in [2.75, 3.05) is 6.61 Å². The lowest BCUT2D eigenvalue weighted by molar-refractivity contribution is 0.0698. The van der Waals surface area contributed by atoms with Crippen molar-refractivity contribution in [3.05, 3.63) is 15.8 Å². The fraction of sp³-hybridized carbons (Fsp3) is 0.688. The van der Waals surface area contributed by atoms with Gasteiger partial charge in [-0.2, -0.15) is 0 Å². The summed E-state index contributed by atoms with van der Waals surface area (Å²) in [6.45, 7) is 4.75. The van der Waals surface area contributed by atoms with Crippen LogP contribution in [-0.2, 0) is 0 Å². The van der Waals surface area contributed by atoms with E-state index in [1.54, 1.807) is 0 Å². The second-order valence-corrected chi connectivity index (χ2v) is 6.44. The van der Waals surface area contributed by atoms with Gasteiger partial charge in [-0.15, -0.1) is 11.3 Å². The summed E-state index contributed by atoms with van der Waals surface area (Å²) in [5.74, 6) is -0.364. The van der Waals surface area contributed by atoms with Crippen LogP contribution < -0.4 is 4.74 Å². The standard InChI is InChI=1S/C16H26O3S/c1-3-4-5-6-7-8-9-10-11-19-14-12-13(2)20-15(14)16(17)18/h12H,3-11H2,1-2H3,(H,17,18). The van der Waals surface area contributed by atoms with Crippen molar-refractivity contribution in [1.29, 1.82) is 0 Å². The molecule has 0 aliphatic rings. The lowest BCUT2D eigenvalue weighted by atomic mass is 10.1. The molecule has 0 saturated carbocycles. The first-order valence-electron chi connectivity index (χ1n) is 7.61. The normalized spacial score (nSPS) is 10.7. The minimum Gasteiger partial charge on any atom is -0.492 e. The van der Waals surface area contributed by atoms with E-state index in [-0.39, 0.29) is 0 Å². The zero-order valence-electron chi connectivity index (χ0n) is 12.6. The lowest BCUT2D eigenvalue weighted by Gasteiger charge is -2.05. The predicted octanol–water partition coefficient (Wildman–Crippen LogP) is 5.27. The molecular formula is C16H26O3S. The number of carboxylic acids is 1. The summed E-state index contributed by atoms with van der Waals surface area (Å²) >= 11 is 1.28. The molecule has 1 heterocycles. The molecule has 20 heavy (non-hydrogen) atoms. The summed E-state index contributed by atoms with van der Waals surface area (Å²) in [7, 11) is 0. The number of unbranched alkanes of at least 4 members (excludes halogenated alkanes) is 7.